The monoisotopic (exact) mass is 276 g/mol. The fourth-order valence-corrected chi connectivity index (χ4v) is 2.04. The van der Waals surface area contributed by atoms with E-state index in [0.717, 1.165) is 0 Å². The second kappa shape index (κ2) is 5.28. The van der Waals surface area contributed by atoms with Crippen LogP contribution in [0.4, 0.5) is 4.39 Å². The SMILES string of the molecule is COC(=O)c1cc(OC(C)=O)c2c(F)cc(C)cc2c1. The van der Waals surface area contributed by atoms with Crippen LogP contribution in [0.3, 0.4) is 0 Å². The molecule has 5 heteroatoms. The minimum atomic E-state index is -0.590. The van der Waals surface area contributed by atoms with Gasteiger partial charge in [0, 0.05) is 6.92 Å². The highest BCUT2D eigenvalue weighted by Gasteiger charge is 2.16. The van der Waals surface area contributed by atoms with E-state index in [1.165, 1.54) is 32.2 Å². The van der Waals surface area contributed by atoms with Crippen LogP contribution < -0.4 is 4.74 Å². The molecule has 0 aromatic heterocycles. The first kappa shape index (κ1) is 14.0. The molecule has 0 aliphatic heterocycles. The van der Waals surface area contributed by atoms with E-state index in [9.17, 15) is 14.0 Å². The Bertz CT molecular complexity index is 707. The van der Waals surface area contributed by atoms with Gasteiger partial charge in [0.25, 0.3) is 0 Å². The van der Waals surface area contributed by atoms with Gasteiger partial charge >= 0.3 is 11.9 Å². The van der Waals surface area contributed by atoms with E-state index in [2.05, 4.69) is 4.74 Å². The van der Waals surface area contributed by atoms with Gasteiger partial charge in [0.2, 0.25) is 0 Å². The van der Waals surface area contributed by atoms with Crippen LogP contribution >= 0.6 is 0 Å². The minimum absolute atomic E-state index is 0.00731. The van der Waals surface area contributed by atoms with Crippen molar-refractivity contribution in [3.05, 3.63) is 41.2 Å². The average Bonchev–Trinajstić information content (AvgIpc) is 2.35. The molecule has 2 aromatic carbocycles. The van der Waals surface area contributed by atoms with E-state index in [-0.39, 0.29) is 16.7 Å². The summed E-state index contributed by atoms with van der Waals surface area (Å²) in [5.41, 5.74) is 0.895. The van der Waals surface area contributed by atoms with Gasteiger partial charge in [-0.3, -0.25) is 4.79 Å². The van der Waals surface area contributed by atoms with Crippen molar-refractivity contribution in [2.24, 2.45) is 0 Å². The molecular formula is C15H13FO4. The van der Waals surface area contributed by atoms with Crippen LogP contribution in [-0.2, 0) is 9.53 Å². The molecule has 0 N–H and O–H groups in total. The summed E-state index contributed by atoms with van der Waals surface area (Å²) in [5.74, 6) is -1.67. The largest absolute Gasteiger partial charge is 0.465 e. The summed E-state index contributed by atoms with van der Waals surface area (Å²) in [7, 11) is 1.24. The molecule has 2 aromatic rings. The highest BCUT2D eigenvalue weighted by molar-refractivity contribution is 5.99. The predicted octanol–water partition coefficient (Wildman–Crippen LogP) is 3.00. The summed E-state index contributed by atoms with van der Waals surface area (Å²) < 4.78 is 23.7. The lowest BCUT2D eigenvalue weighted by Gasteiger charge is -2.10. The van der Waals surface area contributed by atoms with Crippen molar-refractivity contribution in [2.45, 2.75) is 13.8 Å². The predicted molar refractivity (Wildman–Crippen MR) is 71.3 cm³/mol. The normalized spacial score (nSPS) is 10.4. The number of methoxy groups -OCH3 is 1. The van der Waals surface area contributed by atoms with E-state index in [1.54, 1.807) is 13.0 Å². The smallest absolute Gasteiger partial charge is 0.338 e. The zero-order valence-corrected chi connectivity index (χ0v) is 11.3. The summed E-state index contributed by atoms with van der Waals surface area (Å²) in [4.78, 5) is 22.7. The number of hydrogen-bond acceptors (Lipinski definition) is 4. The third kappa shape index (κ3) is 2.61. The Kier molecular flexibility index (Phi) is 3.70. The number of halogens is 1. The molecule has 0 unspecified atom stereocenters. The molecule has 0 amide bonds. The van der Waals surface area contributed by atoms with Crippen LogP contribution in [-0.4, -0.2) is 19.0 Å². The maximum Gasteiger partial charge on any atom is 0.338 e. The first-order valence-electron chi connectivity index (χ1n) is 5.93. The van der Waals surface area contributed by atoms with Gasteiger partial charge in [-0.1, -0.05) is 6.07 Å². The molecule has 0 saturated heterocycles. The highest BCUT2D eigenvalue weighted by atomic mass is 19.1. The maximum absolute atomic E-state index is 14.1. The van der Waals surface area contributed by atoms with Crippen molar-refractivity contribution in [1.29, 1.82) is 0 Å². The van der Waals surface area contributed by atoms with Crippen molar-refractivity contribution in [3.63, 3.8) is 0 Å². The number of esters is 2. The number of fused-ring (bicyclic) bond motifs is 1. The zero-order chi connectivity index (χ0) is 14.9. The molecule has 0 radical (unpaired) electrons. The fraction of sp³-hybridized carbons (Fsp3) is 0.200. The summed E-state index contributed by atoms with van der Waals surface area (Å²) in [5, 5.41) is 0.639. The van der Waals surface area contributed by atoms with Crippen molar-refractivity contribution in [2.75, 3.05) is 7.11 Å². The summed E-state index contributed by atoms with van der Waals surface area (Å²) in [6.45, 7) is 2.95. The molecule has 0 fully saturated rings. The molecule has 4 nitrogen and oxygen atoms in total. The number of hydrogen-bond donors (Lipinski definition) is 0. The van der Waals surface area contributed by atoms with Gasteiger partial charge in [-0.15, -0.1) is 0 Å². The number of carbonyl (C=O) groups is 2. The van der Waals surface area contributed by atoms with E-state index in [1.807, 2.05) is 0 Å². The molecule has 0 bridgehead atoms. The Labute approximate surface area is 115 Å². The Morgan fingerprint density at radius 2 is 1.85 bits per heavy atom. The summed E-state index contributed by atoms with van der Waals surface area (Å²) in [6, 6.07) is 5.85. The number of ether oxygens (including phenoxy) is 2. The topological polar surface area (TPSA) is 52.6 Å². The lowest BCUT2D eigenvalue weighted by Crippen LogP contribution is -2.06. The summed E-state index contributed by atoms with van der Waals surface area (Å²) >= 11 is 0. The molecule has 104 valence electrons. The van der Waals surface area contributed by atoms with Gasteiger partial charge in [-0.2, -0.15) is 0 Å². The Morgan fingerprint density at radius 3 is 2.45 bits per heavy atom. The lowest BCUT2D eigenvalue weighted by molar-refractivity contribution is -0.131. The van der Waals surface area contributed by atoms with Crippen LogP contribution in [0.15, 0.2) is 24.3 Å². The van der Waals surface area contributed by atoms with E-state index >= 15 is 0 Å². The molecule has 0 spiro atoms. The van der Waals surface area contributed by atoms with Crippen LogP contribution in [0.2, 0.25) is 0 Å². The van der Waals surface area contributed by atoms with Crippen molar-refractivity contribution >= 4 is 22.7 Å². The maximum atomic E-state index is 14.1. The quantitative estimate of drug-likeness (QED) is 0.625. The third-order valence-electron chi connectivity index (χ3n) is 2.78. The van der Waals surface area contributed by atoms with Gasteiger partial charge in [0.05, 0.1) is 18.1 Å². The Hall–Kier alpha value is -2.43. The minimum Gasteiger partial charge on any atom is -0.465 e. The lowest BCUT2D eigenvalue weighted by atomic mass is 10.0. The molecule has 0 atom stereocenters. The molecule has 0 aliphatic rings. The van der Waals surface area contributed by atoms with Gasteiger partial charge in [-0.25, -0.2) is 9.18 Å². The van der Waals surface area contributed by atoms with Gasteiger partial charge in [0.15, 0.2) is 0 Å². The number of rotatable bonds is 2. The number of aryl methyl sites for hydroxylation is 1. The molecule has 20 heavy (non-hydrogen) atoms. The fourth-order valence-electron chi connectivity index (χ4n) is 2.04. The van der Waals surface area contributed by atoms with Crippen LogP contribution in [0.25, 0.3) is 10.8 Å². The van der Waals surface area contributed by atoms with Gasteiger partial charge < -0.3 is 9.47 Å². The van der Waals surface area contributed by atoms with E-state index < -0.39 is 17.8 Å². The van der Waals surface area contributed by atoms with E-state index in [4.69, 9.17) is 4.74 Å². The van der Waals surface area contributed by atoms with Crippen molar-refractivity contribution in [3.8, 4) is 5.75 Å². The van der Waals surface area contributed by atoms with Crippen LogP contribution in [0.5, 0.6) is 5.75 Å². The second-order valence-electron chi connectivity index (χ2n) is 4.40. The van der Waals surface area contributed by atoms with Crippen LogP contribution in [0, 0.1) is 12.7 Å². The molecule has 0 aliphatic carbocycles. The first-order chi connectivity index (χ1) is 9.42. The third-order valence-corrected chi connectivity index (χ3v) is 2.78. The summed E-state index contributed by atoms with van der Waals surface area (Å²) in [6.07, 6.45) is 0. The van der Waals surface area contributed by atoms with Crippen LogP contribution in [0.1, 0.15) is 22.8 Å². The zero-order valence-electron chi connectivity index (χ0n) is 11.3. The average molecular weight is 276 g/mol. The number of carbonyl (C=O) groups excluding carboxylic acids is 2. The molecular weight excluding hydrogens is 263 g/mol. The van der Waals surface area contributed by atoms with Crippen molar-refractivity contribution < 1.29 is 23.5 Å². The van der Waals surface area contributed by atoms with Gasteiger partial charge in [0.1, 0.15) is 11.6 Å². The highest BCUT2D eigenvalue weighted by Crippen LogP contribution is 2.31. The molecule has 0 saturated carbocycles. The standard InChI is InChI=1S/C15H13FO4/c1-8-4-10-6-11(15(18)19-3)7-13(20-9(2)17)14(10)12(16)5-8/h4-7H,1-3H3. The Morgan fingerprint density at radius 1 is 1.15 bits per heavy atom. The Balaban J connectivity index is 2.77. The molecule has 2 rings (SSSR count). The second-order valence-corrected chi connectivity index (χ2v) is 4.40. The van der Waals surface area contributed by atoms with E-state index in [0.29, 0.717) is 10.9 Å². The van der Waals surface area contributed by atoms with Crippen molar-refractivity contribution in [1.82, 2.24) is 0 Å². The number of benzene rings is 2. The first-order valence-corrected chi connectivity index (χ1v) is 5.93. The molecule has 0 heterocycles. The van der Waals surface area contributed by atoms with Gasteiger partial charge in [-0.05, 0) is 36.1 Å².